The van der Waals surface area contributed by atoms with Gasteiger partial charge in [0.1, 0.15) is 23.3 Å². The van der Waals surface area contributed by atoms with E-state index in [9.17, 15) is 26.4 Å². The lowest BCUT2D eigenvalue weighted by Crippen LogP contribution is -2.56. The number of anilines is 2. The minimum absolute atomic E-state index is 0.00313. The highest BCUT2D eigenvalue weighted by Crippen LogP contribution is 2.38. The molecule has 1 atom stereocenters. The fraction of sp³-hybridized carbons (Fsp3) is 0.391. The number of H-pyrrole nitrogens is 1. The van der Waals surface area contributed by atoms with Crippen LogP contribution >= 0.6 is 0 Å². The maximum atomic E-state index is 14.0. The number of fused-ring (bicyclic) bond motifs is 2. The van der Waals surface area contributed by atoms with Crippen LogP contribution in [0.15, 0.2) is 35.2 Å². The van der Waals surface area contributed by atoms with Crippen LogP contribution < -0.4 is 15.0 Å². The quantitative estimate of drug-likeness (QED) is 0.497. The number of carbonyl (C=O) groups excluding carboxylic acids is 1. The summed E-state index contributed by atoms with van der Waals surface area (Å²) in [7, 11) is -4.43. The van der Waals surface area contributed by atoms with E-state index < -0.39 is 44.8 Å². The molecule has 0 saturated carbocycles. The molecule has 14 heteroatoms. The topological polar surface area (TPSA) is 117 Å². The van der Waals surface area contributed by atoms with E-state index in [0.29, 0.717) is 31.3 Å². The highest BCUT2D eigenvalue weighted by Gasteiger charge is 2.44. The second-order valence-corrected chi connectivity index (χ2v) is 10.9. The summed E-state index contributed by atoms with van der Waals surface area (Å²) < 4.78 is 79.6. The highest BCUT2D eigenvalue weighted by atomic mass is 32.2. The predicted octanol–water partition coefficient (Wildman–Crippen LogP) is 2.64. The lowest BCUT2D eigenvalue weighted by atomic mass is 10.1. The molecule has 1 aromatic heterocycles. The van der Waals surface area contributed by atoms with Crippen molar-refractivity contribution in [1.29, 1.82) is 0 Å². The van der Waals surface area contributed by atoms with Crippen molar-refractivity contribution in [2.24, 2.45) is 0 Å². The molecule has 0 spiro atoms. The van der Waals surface area contributed by atoms with E-state index in [2.05, 4.69) is 20.4 Å². The summed E-state index contributed by atoms with van der Waals surface area (Å²) in [6, 6.07) is 6.07. The van der Waals surface area contributed by atoms with E-state index >= 15 is 0 Å². The van der Waals surface area contributed by atoms with Crippen LogP contribution in [0.4, 0.5) is 24.5 Å². The number of hydrogen-bond acceptors (Lipinski definition) is 7. The Morgan fingerprint density at radius 3 is 2.68 bits per heavy atom. The van der Waals surface area contributed by atoms with E-state index in [0.717, 1.165) is 28.7 Å². The SMILES string of the molecule is O=C(Nc1ccc2c(c1)OCCN2C1COC1)[C@@H]1CCN1S(=O)(=O)c1cc(C(F)F)cc2c(F)n[nH]c12. The van der Waals surface area contributed by atoms with Gasteiger partial charge in [0, 0.05) is 23.9 Å². The zero-order valence-electron chi connectivity index (χ0n) is 19.3. The number of aromatic amines is 1. The number of amides is 1. The van der Waals surface area contributed by atoms with Gasteiger partial charge in [-0.2, -0.15) is 8.70 Å². The van der Waals surface area contributed by atoms with Crippen LogP contribution in [-0.4, -0.2) is 73.8 Å². The summed E-state index contributed by atoms with van der Waals surface area (Å²) in [5.41, 5.74) is 0.420. The van der Waals surface area contributed by atoms with E-state index in [4.69, 9.17) is 9.47 Å². The van der Waals surface area contributed by atoms with Crippen LogP contribution in [0.1, 0.15) is 18.4 Å². The first kappa shape index (κ1) is 24.0. The number of ether oxygens (including phenoxy) is 2. The van der Waals surface area contributed by atoms with Crippen molar-refractivity contribution in [3.05, 3.63) is 41.8 Å². The molecule has 0 unspecified atom stereocenters. The van der Waals surface area contributed by atoms with Gasteiger partial charge in [-0.05, 0) is 30.7 Å². The zero-order valence-corrected chi connectivity index (χ0v) is 20.1. The predicted molar refractivity (Wildman–Crippen MR) is 126 cm³/mol. The molecule has 0 aliphatic carbocycles. The molecule has 1 amide bonds. The van der Waals surface area contributed by atoms with Crippen LogP contribution in [-0.2, 0) is 19.6 Å². The molecular weight excluding hydrogens is 515 g/mol. The van der Waals surface area contributed by atoms with E-state index in [1.807, 2.05) is 6.07 Å². The molecule has 2 N–H and O–H groups in total. The largest absolute Gasteiger partial charge is 0.489 e. The van der Waals surface area contributed by atoms with Gasteiger partial charge in [0.05, 0.1) is 42.4 Å². The molecule has 37 heavy (non-hydrogen) atoms. The van der Waals surface area contributed by atoms with Gasteiger partial charge in [-0.15, -0.1) is 5.10 Å². The summed E-state index contributed by atoms with van der Waals surface area (Å²) in [5, 5.41) is 7.94. The van der Waals surface area contributed by atoms with E-state index in [1.165, 1.54) is 0 Å². The molecule has 0 radical (unpaired) electrons. The van der Waals surface area contributed by atoms with Gasteiger partial charge in [-0.1, -0.05) is 0 Å². The number of aromatic nitrogens is 2. The summed E-state index contributed by atoms with van der Waals surface area (Å²) in [6.45, 7) is 2.49. The molecule has 0 bridgehead atoms. The Morgan fingerprint density at radius 2 is 2.00 bits per heavy atom. The van der Waals surface area contributed by atoms with Crippen LogP contribution in [0.2, 0.25) is 0 Å². The highest BCUT2D eigenvalue weighted by molar-refractivity contribution is 7.89. The minimum atomic E-state index is -4.43. The van der Waals surface area contributed by atoms with Gasteiger partial charge in [0.25, 0.3) is 6.43 Å². The van der Waals surface area contributed by atoms with Crippen LogP contribution in [0.25, 0.3) is 10.9 Å². The fourth-order valence-electron chi connectivity index (χ4n) is 4.78. The Hall–Kier alpha value is -3.36. The van der Waals surface area contributed by atoms with Crippen molar-refractivity contribution in [1.82, 2.24) is 14.5 Å². The number of hydrogen-bond donors (Lipinski definition) is 2. The molecule has 2 saturated heterocycles. The molecule has 3 aromatic rings. The maximum absolute atomic E-state index is 14.0. The zero-order chi connectivity index (χ0) is 25.9. The molecule has 2 fully saturated rings. The standard InChI is InChI=1S/C23H22F3N5O5S/c24-21(25)12-7-15-20(28-29-22(15)26)19(8-12)37(33,34)31-4-3-17(31)23(32)27-13-1-2-16-18(9-13)36-6-5-30(16)14-10-35-11-14/h1-2,7-9,14,17,21H,3-6,10-11H2,(H,27,32)(H,28,29)/t17-/m0/s1. The first-order valence-electron chi connectivity index (χ1n) is 11.6. The minimum Gasteiger partial charge on any atom is -0.489 e. The Balaban J connectivity index is 1.24. The van der Waals surface area contributed by atoms with Gasteiger partial charge in [0.2, 0.25) is 21.9 Å². The number of sulfonamides is 1. The Bertz CT molecular complexity index is 1490. The van der Waals surface area contributed by atoms with Crippen molar-refractivity contribution in [2.45, 2.75) is 29.8 Å². The number of rotatable bonds is 6. The number of halogens is 3. The van der Waals surface area contributed by atoms with Crippen LogP contribution in [0, 0.1) is 5.95 Å². The van der Waals surface area contributed by atoms with Gasteiger partial charge in [0.15, 0.2) is 0 Å². The lowest BCUT2D eigenvalue weighted by Gasteiger charge is -2.41. The average Bonchev–Trinajstić information content (AvgIpc) is 3.17. The van der Waals surface area contributed by atoms with Gasteiger partial charge < -0.3 is 19.7 Å². The van der Waals surface area contributed by atoms with Crippen molar-refractivity contribution in [2.75, 3.05) is 43.1 Å². The van der Waals surface area contributed by atoms with Crippen LogP contribution in [0.3, 0.4) is 0 Å². The summed E-state index contributed by atoms with van der Waals surface area (Å²) >= 11 is 0. The molecular formula is C23H22F3N5O5S. The number of benzene rings is 2. The van der Waals surface area contributed by atoms with Crippen molar-refractivity contribution in [3.8, 4) is 5.75 Å². The summed E-state index contributed by atoms with van der Waals surface area (Å²) in [4.78, 5) is 14.7. The Labute approximate surface area is 209 Å². The summed E-state index contributed by atoms with van der Waals surface area (Å²) in [5.74, 6) is -1.07. The molecule has 3 aliphatic rings. The second kappa shape index (κ2) is 8.89. The maximum Gasteiger partial charge on any atom is 0.263 e. The van der Waals surface area contributed by atoms with Gasteiger partial charge in [-0.3, -0.25) is 9.89 Å². The molecule has 10 nitrogen and oxygen atoms in total. The Kier molecular flexibility index (Phi) is 5.76. The number of nitrogens with zero attached hydrogens (tertiary/aromatic N) is 3. The molecule has 2 aromatic carbocycles. The number of alkyl halides is 2. The monoisotopic (exact) mass is 537 g/mol. The number of nitrogens with one attached hydrogen (secondary N) is 2. The van der Waals surface area contributed by atoms with Crippen LogP contribution in [0.5, 0.6) is 5.75 Å². The molecule has 4 heterocycles. The van der Waals surface area contributed by atoms with Crippen molar-refractivity contribution >= 4 is 38.2 Å². The third-order valence-electron chi connectivity index (χ3n) is 6.91. The first-order chi connectivity index (χ1) is 17.7. The van der Waals surface area contributed by atoms with E-state index in [1.54, 1.807) is 12.1 Å². The van der Waals surface area contributed by atoms with Crippen molar-refractivity contribution in [3.63, 3.8) is 0 Å². The third kappa shape index (κ3) is 3.99. The van der Waals surface area contributed by atoms with Gasteiger partial charge >= 0.3 is 0 Å². The smallest absolute Gasteiger partial charge is 0.263 e. The molecule has 6 rings (SSSR count). The first-order valence-corrected chi connectivity index (χ1v) is 13.1. The number of carbonyl (C=O) groups is 1. The van der Waals surface area contributed by atoms with E-state index in [-0.39, 0.29) is 29.9 Å². The third-order valence-corrected chi connectivity index (χ3v) is 8.84. The normalized spacial score (nSPS) is 20.3. The fourth-order valence-corrected chi connectivity index (χ4v) is 6.61. The molecule has 196 valence electrons. The summed E-state index contributed by atoms with van der Waals surface area (Å²) in [6.07, 6.45) is -2.79. The van der Waals surface area contributed by atoms with Gasteiger partial charge in [-0.25, -0.2) is 17.2 Å². The Morgan fingerprint density at radius 1 is 1.19 bits per heavy atom. The second-order valence-electron chi connectivity index (χ2n) is 9.08. The molecule has 3 aliphatic heterocycles. The van der Waals surface area contributed by atoms with Crippen molar-refractivity contribution < 1.29 is 35.9 Å². The lowest BCUT2D eigenvalue weighted by molar-refractivity contribution is -0.122. The average molecular weight is 538 g/mol.